The number of ether oxygens (including phenoxy) is 1. The van der Waals surface area contributed by atoms with Gasteiger partial charge in [-0.1, -0.05) is 0 Å². The van der Waals surface area contributed by atoms with E-state index in [-0.39, 0.29) is 11.7 Å². The van der Waals surface area contributed by atoms with Gasteiger partial charge in [0.25, 0.3) is 0 Å². The molecule has 1 aliphatic rings. The Bertz CT molecular complexity index is 165. The summed E-state index contributed by atoms with van der Waals surface area (Å²) in [4.78, 5) is 0. The van der Waals surface area contributed by atoms with Gasteiger partial charge in [-0.25, -0.2) is 0 Å². The maximum atomic E-state index is 9.94. The second-order valence-electron chi connectivity index (χ2n) is 4.69. The van der Waals surface area contributed by atoms with E-state index >= 15 is 0 Å². The van der Waals surface area contributed by atoms with Crippen molar-refractivity contribution in [2.24, 2.45) is 5.92 Å². The van der Waals surface area contributed by atoms with Crippen LogP contribution in [0.25, 0.3) is 0 Å². The third-order valence-electron chi connectivity index (χ3n) is 3.10. The van der Waals surface area contributed by atoms with Gasteiger partial charge in [-0.2, -0.15) is 11.8 Å². The van der Waals surface area contributed by atoms with E-state index < -0.39 is 0 Å². The number of thioether (sulfide) groups is 1. The van der Waals surface area contributed by atoms with Gasteiger partial charge in [-0.05, 0) is 50.5 Å². The molecular weight excluding hydrogens is 196 g/mol. The Morgan fingerprint density at radius 3 is 2.79 bits per heavy atom. The van der Waals surface area contributed by atoms with Gasteiger partial charge in [0.1, 0.15) is 0 Å². The van der Waals surface area contributed by atoms with Gasteiger partial charge >= 0.3 is 0 Å². The minimum Gasteiger partial charge on any atom is -0.393 e. The molecule has 0 spiro atoms. The van der Waals surface area contributed by atoms with Crippen LogP contribution >= 0.6 is 11.8 Å². The molecule has 1 aliphatic heterocycles. The summed E-state index contributed by atoms with van der Waals surface area (Å²) in [6.07, 6.45) is 2.86. The highest BCUT2D eigenvalue weighted by molar-refractivity contribution is 7.99. The Morgan fingerprint density at radius 1 is 1.57 bits per heavy atom. The Kier molecular flexibility index (Phi) is 4.74. The molecule has 0 aromatic heterocycles. The number of rotatable bonds is 5. The summed E-state index contributed by atoms with van der Waals surface area (Å²) in [7, 11) is 1.73. The van der Waals surface area contributed by atoms with Crippen LogP contribution in [0, 0.1) is 5.92 Å². The molecule has 14 heavy (non-hydrogen) atoms. The molecule has 0 amide bonds. The van der Waals surface area contributed by atoms with E-state index in [1.165, 1.54) is 12.2 Å². The van der Waals surface area contributed by atoms with E-state index in [1.807, 2.05) is 11.8 Å². The lowest BCUT2D eigenvalue weighted by molar-refractivity contribution is -0.00248. The molecular formula is C11H22O2S. The first-order chi connectivity index (χ1) is 6.55. The van der Waals surface area contributed by atoms with Gasteiger partial charge in [-0.3, -0.25) is 0 Å². The molecule has 2 atom stereocenters. The maximum absolute atomic E-state index is 9.94. The molecule has 1 rings (SSSR count). The fourth-order valence-corrected chi connectivity index (χ4v) is 3.02. The van der Waals surface area contributed by atoms with Crippen LogP contribution in [0.15, 0.2) is 0 Å². The topological polar surface area (TPSA) is 29.5 Å². The normalized spacial score (nSPS) is 25.3. The van der Waals surface area contributed by atoms with Gasteiger partial charge < -0.3 is 9.84 Å². The predicted octanol–water partition coefficient (Wildman–Crippen LogP) is 2.31. The SMILES string of the molecule is COC(C)(C)CCC(O)C1CCSC1. The van der Waals surface area contributed by atoms with Crippen molar-refractivity contribution in [3.8, 4) is 0 Å². The summed E-state index contributed by atoms with van der Waals surface area (Å²) in [5.41, 5.74) is -0.0905. The molecule has 0 aromatic carbocycles. The molecule has 2 unspecified atom stereocenters. The summed E-state index contributed by atoms with van der Waals surface area (Å²) >= 11 is 1.96. The molecule has 2 nitrogen and oxygen atoms in total. The Morgan fingerprint density at radius 2 is 2.29 bits per heavy atom. The van der Waals surface area contributed by atoms with E-state index in [9.17, 15) is 5.11 Å². The number of aliphatic hydroxyl groups is 1. The van der Waals surface area contributed by atoms with Crippen LogP contribution in [0.4, 0.5) is 0 Å². The third-order valence-corrected chi connectivity index (χ3v) is 4.29. The minimum atomic E-state index is -0.126. The van der Waals surface area contributed by atoms with Crippen LogP contribution < -0.4 is 0 Å². The average Bonchev–Trinajstić information content (AvgIpc) is 2.67. The van der Waals surface area contributed by atoms with E-state index in [2.05, 4.69) is 13.8 Å². The quantitative estimate of drug-likeness (QED) is 0.768. The van der Waals surface area contributed by atoms with Crippen molar-refractivity contribution in [1.82, 2.24) is 0 Å². The van der Waals surface area contributed by atoms with Gasteiger partial charge in [0, 0.05) is 7.11 Å². The van der Waals surface area contributed by atoms with Crippen molar-refractivity contribution in [3.63, 3.8) is 0 Å². The second kappa shape index (κ2) is 5.38. The van der Waals surface area contributed by atoms with Gasteiger partial charge in [0.15, 0.2) is 0 Å². The van der Waals surface area contributed by atoms with E-state index in [0.717, 1.165) is 18.6 Å². The number of methoxy groups -OCH3 is 1. The monoisotopic (exact) mass is 218 g/mol. The second-order valence-corrected chi connectivity index (χ2v) is 5.84. The highest BCUT2D eigenvalue weighted by Crippen LogP contribution is 2.29. The van der Waals surface area contributed by atoms with Gasteiger partial charge in [-0.15, -0.1) is 0 Å². The van der Waals surface area contributed by atoms with Crippen LogP contribution in [0.1, 0.15) is 33.1 Å². The van der Waals surface area contributed by atoms with Crippen LogP contribution in [0.3, 0.4) is 0 Å². The number of hydrogen-bond donors (Lipinski definition) is 1. The molecule has 1 saturated heterocycles. The molecule has 84 valence electrons. The largest absolute Gasteiger partial charge is 0.393 e. The summed E-state index contributed by atoms with van der Waals surface area (Å²) in [6.45, 7) is 4.15. The molecule has 0 bridgehead atoms. The van der Waals surface area contributed by atoms with E-state index in [1.54, 1.807) is 7.11 Å². The van der Waals surface area contributed by atoms with Crippen LogP contribution in [-0.2, 0) is 4.74 Å². The lowest BCUT2D eigenvalue weighted by Gasteiger charge is -2.25. The first-order valence-corrected chi connectivity index (χ1v) is 6.51. The zero-order chi connectivity index (χ0) is 10.6. The van der Waals surface area contributed by atoms with Crippen molar-refractivity contribution in [2.75, 3.05) is 18.6 Å². The Labute approximate surface area is 91.4 Å². The molecule has 0 saturated carbocycles. The smallest absolute Gasteiger partial charge is 0.0623 e. The van der Waals surface area contributed by atoms with Crippen LogP contribution in [0.2, 0.25) is 0 Å². The van der Waals surface area contributed by atoms with Crippen LogP contribution in [0.5, 0.6) is 0 Å². The summed E-state index contributed by atoms with van der Waals surface area (Å²) in [5, 5.41) is 9.94. The van der Waals surface area contributed by atoms with E-state index in [4.69, 9.17) is 4.74 Å². The minimum absolute atomic E-state index is 0.0905. The summed E-state index contributed by atoms with van der Waals surface area (Å²) < 4.78 is 5.33. The maximum Gasteiger partial charge on any atom is 0.0623 e. The molecule has 0 aliphatic carbocycles. The van der Waals surface area contributed by atoms with Crippen molar-refractivity contribution >= 4 is 11.8 Å². The standard InChI is InChI=1S/C11H22O2S/c1-11(2,13-3)6-4-10(12)9-5-7-14-8-9/h9-10,12H,4-8H2,1-3H3. The van der Waals surface area contributed by atoms with E-state index in [0.29, 0.717) is 5.92 Å². The summed E-state index contributed by atoms with van der Waals surface area (Å²) in [5.74, 6) is 2.87. The molecule has 3 heteroatoms. The van der Waals surface area contributed by atoms with Gasteiger partial charge in [0.05, 0.1) is 11.7 Å². The lowest BCUT2D eigenvalue weighted by atomic mass is 9.93. The third kappa shape index (κ3) is 3.79. The molecule has 0 radical (unpaired) electrons. The zero-order valence-electron chi connectivity index (χ0n) is 9.45. The molecule has 1 heterocycles. The lowest BCUT2D eigenvalue weighted by Crippen LogP contribution is -2.27. The fraction of sp³-hybridized carbons (Fsp3) is 1.00. The van der Waals surface area contributed by atoms with Crippen molar-refractivity contribution < 1.29 is 9.84 Å². The average molecular weight is 218 g/mol. The fourth-order valence-electron chi connectivity index (χ4n) is 1.69. The first kappa shape index (κ1) is 12.3. The zero-order valence-corrected chi connectivity index (χ0v) is 10.3. The van der Waals surface area contributed by atoms with Gasteiger partial charge in [0.2, 0.25) is 0 Å². The van der Waals surface area contributed by atoms with Crippen molar-refractivity contribution in [1.29, 1.82) is 0 Å². The number of hydrogen-bond acceptors (Lipinski definition) is 3. The Balaban J connectivity index is 2.23. The number of aliphatic hydroxyl groups excluding tert-OH is 1. The first-order valence-electron chi connectivity index (χ1n) is 5.36. The van der Waals surface area contributed by atoms with Crippen LogP contribution in [-0.4, -0.2) is 35.4 Å². The highest BCUT2D eigenvalue weighted by Gasteiger charge is 2.26. The molecule has 0 aromatic rings. The Hall–Kier alpha value is 0.270. The molecule has 1 N–H and O–H groups in total. The summed E-state index contributed by atoms with van der Waals surface area (Å²) in [6, 6.07) is 0. The van der Waals surface area contributed by atoms with Crippen molar-refractivity contribution in [2.45, 2.75) is 44.8 Å². The molecule has 1 fully saturated rings. The highest BCUT2D eigenvalue weighted by atomic mass is 32.2. The van der Waals surface area contributed by atoms with Crippen molar-refractivity contribution in [3.05, 3.63) is 0 Å². The predicted molar refractivity (Wildman–Crippen MR) is 61.8 cm³/mol.